The topological polar surface area (TPSA) is 92.9 Å². The number of rotatable bonds is 3. The first-order valence-electron chi connectivity index (χ1n) is 9.29. The SMILES string of the molecule is NC[C@H]1CN(c2ccc(N3CC4CCS(=O)(=O)CCC4C3)c(F)c2)C(=O)O1. The van der Waals surface area contributed by atoms with Crippen molar-refractivity contribution in [2.75, 3.05) is 47.5 Å². The Labute approximate surface area is 158 Å². The molecule has 27 heavy (non-hydrogen) atoms. The molecule has 3 aliphatic rings. The second-order valence-corrected chi connectivity index (χ2v) is 9.95. The van der Waals surface area contributed by atoms with Crippen LogP contribution in [0.15, 0.2) is 18.2 Å². The van der Waals surface area contributed by atoms with Gasteiger partial charge in [-0.3, -0.25) is 4.90 Å². The number of nitrogens with two attached hydrogens (primary N) is 1. The first kappa shape index (κ1) is 18.5. The molecule has 7 nitrogen and oxygen atoms in total. The van der Waals surface area contributed by atoms with Gasteiger partial charge < -0.3 is 15.4 Å². The van der Waals surface area contributed by atoms with Crippen LogP contribution in [-0.2, 0) is 14.6 Å². The van der Waals surface area contributed by atoms with Crippen LogP contribution in [0.3, 0.4) is 0 Å². The van der Waals surface area contributed by atoms with Gasteiger partial charge in [0, 0.05) is 19.6 Å². The second kappa shape index (κ2) is 6.94. The number of cyclic esters (lactones) is 1. The van der Waals surface area contributed by atoms with E-state index in [4.69, 9.17) is 10.5 Å². The Balaban J connectivity index is 1.49. The molecule has 3 heterocycles. The molecule has 1 aromatic carbocycles. The normalized spacial score (nSPS) is 30.1. The average molecular weight is 397 g/mol. The molecule has 2 N–H and O–H groups in total. The molecular weight excluding hydrogens is 373 g/mol. The molecule has 0 bridgehead atoms. The lowest BCUT2D eigenvalue weighted by atomic mass is 9.92. The summed E-state index contributed by atoms with van der Waals surface area (Å²) in [6, 6.07) is 4.76. The highest BCUT2D eigenvalue weighted by atomic mass is 32.2. The number of sulfone groups is 1. The van der Waals surface area contributed by atoms with Gasteiger partial charge in [-0.05, 0) is 42.9 Å². The number of anilines is 2. The van der Waals surface area contributed by atoms with Gasteiger partial charge in [-0.25, -0.2) is 17.6 Å². The third kappa shape index (κ3) is 3.62. The first-order chi connectivity index (χ1) is 12.9. The molecule has 148 valence electrons. The molecule has 4 rings (SSSR count). The molecule has 0 radical (unpaired) electrons. The van der Waals surface area contributed by atoms with Crippen molar-refractivity contribution < 1.29 is 22.3 Å². The van der Waals surface area contributed by atoms with Crippen LogP contribution in [0.5, 0.6) is 0 Å². The van der Waals surface area contributed by atoms with Crippen molar-refractivity contribution in [1.82, 2.24) is 0 Å². The molecular formula is C18H24FN3O4S. The van der Waals surface area contributed by atoms with E-state index < -0.39 is 15.9 Å². The van der Waals surface area contributed by atoms with Crippen LogP contribution in [0.4, 0.5) is 20.6 Å². The van der Waals surface area contributed by atoms with Crippen LogP contribution >= 0.6 is 0 Å². The van der Waals surface area contributed by atoms with Crippen molar-refractivity contribution in [2.24, 2.45) is 17.6 Å². The lowest BCUT2D eigenvalue weighted by molar-refractivity contribution is 0.145. The van der Waals surface area contributed by atoms with E-state index >= 15 is 0 Å². The van der Waals surface area contributed by atoms with Crippen molar-refractivity contribution >= 4 is 27.3 Å². The molecule has 3 saturated heterocycles. The summed E-state index contributed by atoms with van der Waals surface area (Å²) in [7, 11) is -2.93. The summed E-state index contributed by atoms with van der Waals surface area (Å²) in [5.74, 6) is 0.618. The molecule has 0 saturated carbocycles. The Bertz CT molecular complexity index is 825. The molecule has 1 amide bonds. The van der Waals surface area contributed by atoms with E-state index in [1.165, 1.54) is 11.0 Å². The standard InChI is InChI=1S/C18H24FN3O4S/c19-16-7-14(22-11-15(8-20)26-18(22)23)1-2-17(16)21-9-12-3-5-27(24,25)6-4-13(12)10-21/h1-2,7,12-13,15H,3-6,8-11,20H2/t12?,13?,15-/m0/s1. The highest BCUT2D eigenvalue weighted by Crippen LogP contribution is 2.37. The van der Waals surface area contributed by atoms with E-state index in [-0.39, 0.29) is 41.8 Å². The van der Waals surface area contributed by atoms with Crippen molar-refractivity contribution in [3.8, 4) is 0 Å². The summed E-state index contributed by atoms with van der Waals surface area (Å²) in [6.07, 6.45) is 0.400. The molecule has 0 spiro atoms. The van der Waals surface area contributed by atoms with Crippen LogP contribution in [0, 0.1) is 17.7 Å². The Morgan fingerprint density at radius 3 is 2.37 bits per heavy atom. The quantitative estimate of drug-likeness (QED) is 0.828. The Kier molecular flexibility index (Phi) is 4.75. The van der Waals surface area contributed by atoms with Gasteiger partial charge in [-0.1, -0.05) is 0 Å². The maximum Gasteiger partial charge on any atom is 0.414 e. The van der Waals surface area contributed by atoms with Crippen molar-refractivity contribution in [1.29, 1.82) is 0 Å². The lowest BCUT2D eigenvalue weighted by Gasteiger charge is -2.21. The molecule has 9 heteroatoms. The van der Waals surface area contributed by atoms with E-state index in [9.17, 15) is 17.6 Å². The number of hydrogen-bond donors (Lipinski definition) is 1. The average Bonchev–Trinajstić information content (AvgIpc) is 3.18. The van der Waals surface area contributed by atoms with Crippen LogP contribution in [-0.4, -0.2) is 58.3 Å². The van der Waals surface area contributed by atoms with Crippen LogP contribution < -0.4 is 15.5 Å². The predicted molar refractivity (Wildman–Crippen MR) is 100 cm³/mol. The number of fused-ring (bicyclic) bond motifs is 1. The summed E-state index contributed by atoms with van der Waals surface area (Å²) in [6.45, 7) is 1.88. The summed E-state index contributed by atoms with van der Waals surface area (Å²) in [5.41, 5.74) is 6.49. The predicted octanol–water partition coefficient (Wildman–Crippen LogP) is 1.37. The smallest absolute Gasteiger partial charge is 0.414 e. The third-order valence-corrected chi connectivity index (χ3v) is 7.61. The molecule has 3 fully saturated rings. The third-order valence-electron chi connectivity index (χ3n) is 5.90. The number of amides is 1. The largest absolute Gasteiger partial charge is 0.443 e. The highest BCUT2D eigenvalue weighted by molar-refractivity contribution is 7.91. The molecule has 0 aliphatic carbocycles. The van der Waals surface area contributed by atoms with Crippen molar-refractivity contribution in [2.45, 2.75) is 18.9 Å². The van der Waals surface area contributed by atoms with E-state index in [1.807, 2.05) is 4.90 Å². The van der Waals surface area contributed by atoms with Gasteiger partial charge in [0.05, 0.1) is 29.4 Å². The molecule has 2 unspecified atom stereocenters. The minimum atomic E-state index is -2.93. The molecule has 0 aromatic heterocycles. The van der Waals surface area contributed by atoms with Crippen molar-refractivity contribution in [3.63, 3.8) is 0 Å². The molecule has 3 aliphatic heterocycles. The Morgan fingerprint density at radius 1 is 1.15 bits per heavy atom. The Hall–Kier alpha value is -1.87. The van der Waals surface area contributed by atoms with E-state index in [0.29, 0.717) is 43.9 Å². The van der Waals surface area contributed by atoms with E-state index in [0.717, 1.165) is 0 Å². The highest BCUT2D eigenvalue weighted by Gasteiger charge is 2.38. The van der Waals surface area contributed by atoms with Gasteiger partial charge >= 0.3 is 6.09 Å². The fourth-order valence-electron chi connectivity index (χ4n) is 4.33. The van der Waals surface area contributed by atoms with Gasteiger partial charge in [0.25, 0.3) is 0 Å². The summed E-state index contributed by atoms with van der Waals surface area (Å²) in [4.78, 5) is 15.3. The number of benzene rings is 1. The number of hydrogen-bond acceptors (Lipinski definition) is 6. The minimum absolute atomic E-state index is 0.225. The van der Waals surface area contributed by atoms with Gasteiger partial charge in [0.15, 0.2) is 0 Å². The van der Waals surface area contributed by atoms with Crippen LogP contribution in [0.1, 0.15) is 12.8 Å². The zero-order chi connectivity index (χ0) is 19.2. The van der Waals surface area contributed by atoms with E-state index in [2.05, 4.69) is 0 Å². The number of nitrogens with zero attached hydrogens (tertiary/aromatic N) is 2. The van der Waals surface area contributed by atoms with E-state index in [1.54, 1.807) is 12.1 Å². The fourth-order valence-corrected chi connectivity index (χ4v) is 5.86. The zero-order valence-electron chi connectivity index (χ0n) is 15.0. The monoisotopic (exact) mass is 397 g/mol. The van der Waals surface area contributed by atoms with Gasteiger partial charge in [0.2, 0.25) is 0 Å². The Morgan fingerprint density at radius 2 is 1.81 bits per heavy atom. The lowest BCUT2D eigenvalue weighted by Crippen LogP contribution is -2.28. The summed E-state index contributed by atoms with van der Waals surface area (Å²) >= 11 is 0. The number of carbonyl (C=O) groups excluding carboxylic acids is 1. The first-order valence-corrected chi connectivity index (χ1v) is 11.1. The van der Waals surface area contributed by atoms with Gasteiger partial charge in [0.1, 0.15) is 21.8 Å². The summed E-state index contributed by atoms with van der Waals surface area (Å²) in [5, 5.41) is 0. The number of halogens is 1. The molecule has 3 atom stereocenters. The number of ether oxygens (including phenoxy) is 1. The number of carbonyl (C=O) groups is 1. The van der Waals surface area contributed by atoms with Crippen molar-refractivity contribution in [3.05, 3.63) is 24.0 Å². The minimum Gasteiger partial charge on any atom is -0.443 e. The van der Waals surface area contributed by atoms with Crippen LogP contribution in [0.2, 0.25) is 0 Å². The maximum absolute atomic E-state index is 14.8. The van der Waals surface area contributed by atoms with Gasteiger partial charge in [-0.2, -0.15) is 0 Å². The maximum atomic E-state index is 14.8. The summed E-state index contributed by atoms with van der Waals surface area (Å²) < 4.78 is 43.6. The zero-order valence-corrected chi connectivity index (χ0v) is 15.8. The fraction of sp³-hybridized carbons (Fsp3) is 0.611. The second-order valence-electron chi connectivity index (χ2n) is 7.64. The van der Waals surface area contributed by atoms with Gasteiger partial charge in [-0.15, -0.1) is 0 Å². The molecule has 1 aromatic rings. The van der Waals surface area contributed by atoms with Crippen LogP contribution in [0.25, 0.3) is 0 Å².